The molecule has 158 valence electrons. The number of nitrogens with zero attached hydrogens (tertiary/aromatic N) is 5. The van der Waals surface area contributed by atoms with Gasteiger partial charge in [0.05, 0.1) is 17.5 Å². The lowest BCUT2D eigenvalue weighted by molar-refractivity contribution is -0.142. The number of hydrogen-bond acceptors (Lipinski definition) is 7. The summed E-state index contributed by atoms with van der Waals surface area (Å²) < 4.78 is 19.2. The summed E-state index contributed by atoms with van der Waals surface area (Å²) in [6, 6.07) is 7.80. The molecule has 30 heavy (non-hydrogen) atoms. The maximum Gasteiger partial charge on any atom is 0.308 e. The molecule has 3 aromatic rings. The van der Waals surface area contributed by atoms with Gasteiger partial charge >= 0.3 is 5.97 Å². The molecule has 3 heterocycles. The van der Waals surface area contributed by atoms with Gasteiger partial charge in [0.2, 0.25) is 5.82 Å². The quantitative estimate of drug-likeness (QED) is 0.583. The van der Waals surface area contributed by atoms with Gasteiger partial charge in [-0.3, -0.25) is 4.79 Å². The second-order valence-electron chi connectivity index (χ2n) is 6.60. The molecule has 12 heteroatoms. The molecule has 1 fully saturated rings. The number of rotatable bonds is 6. The Balaban J connectivity index is 0.00000256. The van der Waals surface area contributed by atoms with Crippen LogP contribution < -0.4 is 10.1 Å². The molecule has 0 radical (unpaired) electrons. The molecule has 2 atom stereocenters. The predicted molar refractivity (Wildman–Crippen MR) is 107 cm³/mol. The van der Waals surface area contributed by atoms with E-state index in [0.29, 0.717) is 36.8 Å². The Morgan fingerprint density at radius 3 is 2.80 bits per heavy atom. The first kappa shape index (κ1) is 21.9. The van der Waals surface area contributed by atoms with Crippen LogP contribution in [0.15, 0.2) is 36.5 Å². The Bertz CT molecular complexity index is 1030. The topological polar surface area (TPSA) is 115 Å². The van der Waals surface area contributed by atoms with Crippen LogP contribution in [0.1, 0.15) is 0 Å². The molecule has 0 aliphatic carbocycles. The van der Waals surface area contributed by atoms with Crippen LogP contribution in [0, 0.1) is 17.7 Å². The van der Waals surface area contributed by atoms with Gasteiger partial charge in [0.1, 0.15) is 5.75 Å². The lowest BCUT2D eigenvalue weighted by Crippen LogP contribution is -2.26. The highest BCUT2D eigenvalue weighted by molar-refractivity contribution is 6.30. The van der Waals surface area contributed by atoms with Gasteiger partial charge in [0.25, 0.3) is 5.88 Å². The average Bonchev–Trinajstić information content (AvgIpc) is 3.35. The molecule has 1 aromatic carbocycles. The third kappa shape index (κ3) is 4.84. The summed E-state index contributed by atoms with van der Waals surface area (Å²) in [5.74, 6) is -1.46. The summed E-state index contributed by atoms with van der Waals surface area (Å²) >= 11 is 5.67. The van der Waals surface area contributed by atoms with Crippen LogP contribution in [0.4, 0.5) is 4.39 Å². The van der Waals surface area contributed by atoms with Crippen LogP contribution in [0.2, 0.25) is 5.02 Å². The number of carboxylic acid groups (broad SMARTS) is 1. The minimum Gasteiger partial charge on any atom is -0.481 e. The fourth-order valence-corrected chi connectivity index (χ4v) is 3.27. The summed E-state index contributed by atoms with van der Waals surface area (Å²) in [6.07, 6.45) is 1.30. The Kier molecular flexibility index (Phi) is 6.80. The normalized spacial score (nSPS) is 18.1. The summed E-state index contributed by atoms with van der Waals surface area (Å²) in [5.41, 5.74) is 0.687. The molecule has 2 unspecified atom stereocenters. The molecule has 0 bridgehead atoms. The van der Waals surface area contributed by atoms with Gasteiger partial charge in [0, 0.05) is 30.8 Å². The summed E-state index contributed by atoms with van der Waals surface area (Å²) in [6.45, 7) is 1.39. The Morgan fingerprint density at radius 1 is 1.33 bits per heavy atom. The highest BCUT2D eigenvalue weighted by Gasteiger charge is 2.33. The first-order valence-corrected chi connectivity index (χ1v) is 9.18. The van der Waals surface area contributed by atoms with Crippen molar-refractivity contribution >= 4 is 30.0 Å². The molecule has 2 N–H and O–H groups in total. The summed E-state index contributed by atoms with van der Waals surface area (Å²) in [4.78, 5) is 16.5. The molecule has 1 aliphatic heterocycles. The maximum absolute atomic E-state index is 13.8. The fraction of sp³-hybridized carbons (Fsp3) is 0.278. The van der Waals surface area contributed by atoms with Crippen molar-refractivity contribution in [2.24, 2.45) is 11.8 Å². The van der Waals surface area contributed by atoms with Crippen molar-refractivity contribution in [3.8, 4) is 23.0 Å². The number of carboxylic acids is 1. The summed E-state index contributed by atoms with van der Waals surface area (Å²) in [7, 11) is 0. The number of hydrogen-bond donors (Lipinski definition) is 2. The molecule has 2 aromatic heterocycles. The van der Waals surface area contributed by atoms with Crippen molar-refractivity contribution in [2.75, 3.05) is 13.1 Å². The number of benzene rings is 1. The minimum absolute atomic E-state index is 0. The Hall–Kier alpha value is -2.82. The number of pyridine rings is 1. The van der Waals surface area contributed by atoms with Gasteiger partial charge in [0.15, 0.2) is 5.82 Å². The number of aliphatic carboxylic acids is 1. The average molecular weight is 455 g/mol. The first-order chi connectivity index (χ1) is 14.0. The Morgan fingerprint density at radius 2 is 2.10 bits per heavy atom. The number of tetrazole rings is 1. The van der Waals surface area contributed by atoms with Crippen LogP contribution in [-0.4, -0.2) is 49.4 Å². The lowest BCUT2D eigenvalue weighted by Gasteiger charge is -2.12. The standard InChI is InChI=1S/C18H16ClFN6O3.ClH/c19-12-5-15(20)17(22-7-12)29-13-3-1-10(2-4-13)16-23-25-26(24-16)9-11-6-21-8-14(11)18(27)28;/h1-5,7,11,14,21H,6,8-9H2,(H,27,28);1H. The fourth-order valence-electron chi connectivity index (χ4n) is 3.12. The summed E-state index contributed by atoms with van der Waals surface area (Å²) in [5, 5.41) is 24.9. The zero-order valence-electron chi connectivity index (χ0n) is 15.4. The third-order valence-corrected chi connectivity index (χ3v) is 4.82. The predicted octanol–water partition coefficient (Wildman–Crippen LogP) is 2.66. The molecule has 4 rings (SSSR count). The number of halogens is 3. The van der Waals surface area contributed by atoms with Crippen LogP contribution in [0.25, 0.3) is 11.4 Å². The van der Waals surface area contributed by atoms with E-state index in [1.807, 2.05) is 0 Å². The molecule has 1 saturated heterocycles. The Labute approximate surface area is 181 Å². The molecular weight excluding hydrogens is 438 g/mol. The highest BCUT2D eigenvalue weighted by atomic mass is 35.5. The monoisotopic (exact) mass is 454 g/mol. The molecule has 0 spiro atoms. The van der Waals surface area contributed by atoms with E-state index >= 15 is 0 Å². The van der Waals surface area contributed by atoms with E-state index in [1.165, 1.54) is 11.0 Å². The molecule has 0 saturated carbocycles. The van der Waals surface area contributed by atoms with Crippen LogP contribution in [-0.2, 0) is 11.3 Å². The van der Waals surface area contributed by atoms with Crippen molar-refractivity contribution in [3.63, 3.8) is 0 Å². The van der Waals surface area contributed by atoms with Crippen LogP contribution >= 0.6 is 24.0 Å². The molecule has 1 aliphatic rings. The minimum atomic E-state index is -0.831. The molecule has 9 nitrogen and oxygen atoms in total. The van der Waals surface area contributed by atoms with Gasteiger partial charge in [-0.1, -0.05) is 11.6 Å². The van der Waals surface area contributed by atoms with E-state index in [9.17, 15) is 14.3 Å². The van der Waals surface area contributed by atoms with E-state index in [2.05, 4.69) is 25.7 Å². The molecular formula is C18H17Cl2FN6O3. The van der Waals surface area contributed by atoms with Crippen molar-refractivity contribution in [2.45, 2.75) is 6.54 Å². The second-order valence-corrected chi connectivity index (χ2v) is 7.03. The van der Waals surface area contributed by atoms with E-state index in [-0.39, 0.29) is 29.2 Å². The zero-order chi connectivity index (χ0) is 20.4. The SMILES string of the molecule is Cl.O=C(O)C1CNCC1Cn1nnc(-c2ccc(Oc3ncc(Cl)cc3F)cc2)n1. The van der Waals surface area contributed by atoms with Gasteiger partial charge in [-0.25, -0.2) is 9.37 Å². The number of aromatic nitrogens is 5. The van der Waals surface area contributed by atoms with Crippen LogP contribution in [0.3, 0.4) is 0 Å². The first-order valence-electron chi connectivity index (χ1n) is 8.80. The number of nitrogens with one attached hydrogen (secondary N) is 1. The van der Waals surface area contributed by atoms with Crippen molar-refractivity contribution in [3.05, 3.63) is 47.4 Å². The third-order valence-electron chi connectivity index (χ3n) is 4.61. The van der Waals surface area contributed by atoms with Crippen LogP contribution in [0.5, 0.6) is 11.6 Å². The van der Waals surface area contributed by atoms with Crippen molar-refractivity contribution in [1.29, 1.82) is 0 Å². The maximum atomic E-state index is 13.8. The van der Waals surface area contributed by atoms with Gasteiger partial charge in [-0.05, 0) is 35.5 Å². The van der Waals surface area contributed by atoms with E-state index in [1.54, 1.807) is 24.3 Å². The smallest absolute Gasteiger partial charge is 0.308 e. The molecule has 0 amide bonds. The van der Waals surface area contributed by atoms with Gasteiger partial charge in [-0.2, -0.15) is 4.80 Å². The van der Waals surface area contributed by atoms with E-state index in [0.717, 1.165) is 6.07 Å². The largest absolute Gasteiger partial charge is 0.481 e. The zero-order valence-corrected chi connectivity index (χ0v) is 17.0. The number of carbonyl (C=O) groups is 1. The number of ether oxygens (including phenoxy) is 1. The van der Waals surface area contributed by atoms with Gasteiger partial charge in [-0.15, -0.1) is 22.6 Å². The van der Waals surface area contributed by atoms with E-state index in [4.69, 9.17) is 16.3 Å². The lowest BCUT2D eigenvalue weighted by atomic mass is 9.96. The van der Waals surface area contributed by atoms with Crippen molar-refractivity contribution < 1.29 is 19.0 Å². The van der Waals surface area contributed by atoms with Gasteiger partial charge < -0.3 is 15.2 Å². The van der Waals surface area contributed by atoms with E-state index < -0.39 is 17.7 Å². The highest BCUT2D eigenvalue weighted by Crippen LogP contribution is 2.26. The van der Waals surface area contributed by atoms with Crippen molar-refractivity contribution in [1.82, 2.24) is 30.5 Å². The second kappa shape index (κ2) is 9.33.